The number of aryl methyl sites for hydroxylation is 1. The average Bonchev–Trinajstić information content (AvgIpc) is 3.07. The summed E-state index contributed by atoms with van der Waals surface area (Å²) in [7, 11) is 0. The smallest absolute Gasteiger partial charge is 0.259 e. The monoisotopic (exact) mass is 406 g/mol. The molecular formula is C27H22N2O2. The third kappa shape index (κ3) is 3.46. The van der Waals surface area contributed by atoms with Crippen molar-refractivity contribution in [2.75, 3.05) is 11.4 Å². The van der Waals surface area contributed by atoms with E-state index in [4.69, 9.17) is 0 Å². The Morgan fingerprint density at radius 1 is 0.839 bits per heavy atom. The minimum absolute atomic E-state index is 0.0260. The summed E-state index contributed by atoms with van der Waals surface area (Å²) in [6.07, 6.45) is 0. The molecule has 1 aliphatic rings. The van der Waals surface area contributed by atoms with Gasteiger partial charge in [0.25, 0.3) is 5.91 Å². The zero-order valence-corrected chi connectivity index (χ0v) is 17.2. The number of nitrogens with one attached hydrogen (secondary N) is 1. The first kappa shape index (κ1) is 19.1. The van der Waals surface area contributed by atoms with Gasteiger partial charge in [-0.2, -0.15) is 0 Å². The zero-order chi connectivity index (χ0) is 21.4. The van der Waals surface area contributed by atoms with Gasteiger partial charge >= 0.3 is 0 Å². The lowest BCUT2D eigenvalue weighted by atomic mass is 9.98. The highest BCUT2D eigenvalue weighted by molar-refractivity contribution is 6.26. The second kappa shape index (κ2) is 7.73. The summed E-state index contributed by atoms with van der Waals surface area (Å²) in [4.78, 5) is 27.7. The van der Waals surface area contributed by atoms with Gasteiger partial charge in [-0.1, -0.05) is 84.4 Å². The largest absolute Gasteiger partial charge is 0.344 e. The molecule has 0 saturated carbocycles. The van der Waals surface area contributed by atoms with Crippen molar-refractivity contribution < 1.29 is 9.59 Å². The second-order valence-corrected chi connectivity index (χ2v) is 7.89. The molecule has 0 bridgehead atoms. The van der Waals surface area contributed by atoms with Gasteiger partial charge in [0, 0.05) is 10.9 Å². The molecule has 0 aromatic heterocycles. The third-order valence-electron chi connectivity index (χ3n) is 5.80. The van der Waals surface area contributed by atoms with Gasteiger partial charge in [-0.05, 0) is 35.6 Å². The van der Waals surface area contributed by atoms with Crippen molar-refractivity contribution in [2.24, 2.45) is 0 Å². The first-order chi connectivity index (χ1) is 15.1. The zero-order valence-electron chi connectivity index (χ0n) is 17.2. The molecule has 1 heterocycles. The number of hydrogen-bond donors (Lipinski definition) is 1. The molecule has 4 aromatic rings. The van der Waals surface area contributed by atoms with Crippen LogP contribution in [-0.4, -0.2) is 18.4 Å². The SMILES string of the molecule is Cc1ccc(C(NC(=O)CN2C(=O)c3cccc4cccc2c34)c2ccccc2)cc1. The quantitative estimate of drug-likeness (QED) is 0.506. The van der Waals surface area contributed by atoms with Crippen LogP contribution >= 0.6 is 0 Å². The molecule has 1 unspecified atom stereocenters. The number of carbonyl (C=O) groups excluding carboxylic acids is 2. The molecule has 4 heteroatoms. The minimum atomic E-state index is -0.287. The summed E-state index contributed by atoms with van der Waals surface area (Å²) in [5, 5.41) is 5.07. The highest BCUT2D eigenvalue weighted by atomic mass is 16.2. The Labute approximate surface area is 181 Å². The van der Waals surface area contributed by atoms with E-state index in [1.54, 1.807) is 4.90 Å². The molecule has 1 N–H and O–H groups in total. The number of hydrogen-bond acceptors (Lipinski definition) is 2. The Morgan fingerprint density at radius 2 is 1.52 bits per heavy atom. The normalized spacial score (nSPS) is 13.5. The van der Waals surface area contributed by atoms with Gasteiger partial charge < -0.3 is 5.32 Å². The van der Waals surface area contributed by atoms with Crippen molar-refractivity contribution in [3.05, 3.63) is 113 Å². The number of benzene rings is 4. The Balaban J connectivity index is 1.43. The van der Waals surface area contributed by atoms with E-state index in [1.165, 1.54) is 0 Å². The highest BCUT2D eigenvalue weighted by Gasteiger charge is 2.31. The molecule has 2 amide bonds. The number of anilines is 1. The van der Waals surface area contributed by atoms with E-state index >= 15 is 0 Å². The molecule has 152 valence electrons. The second-order valence-electron chi connectivity index (χ2n) is 7.89. The maximum atomic E-state index is 13.1. The fourth-order valence-electron chi connectivity index (χ4n) is 4.25. The van der Waals surface area contributed by atoms with E-state index in [-0.39, 0.29) is 24.4 Å². The fourth-order valence-corrected chi connectivity index (χ4v) is 4.25. The Hall–Kier alpha value is -3.92. The third-order valence-corrected chi connectivity index (χ3v) is 5.80. The van der Waals surface area contributed by atoms with Crippen molar-refractivity contribution >= 4 is 28.3 Å². The van der Waals surface area contributed by atoms with Crippen molar-refractivity contribution in [1.82, 2.24) is 5.32 Å². The van der Waals surface area contributed by atoms with Crippen LogP contribution in [0.2, 0.25) is 0 Å². The standard InChI is InChI=1S/C27H22N2O2/c1-18-13-15-21(16-14-18)26(20-7-3-2-4-8-20)28-24(30)17-29-23-12-6-10-19-9-5-11-22(25(19)23)27(29)31/h2-16,26H,17H2,1H3,(H,28,30). The molecule has 0 fully saturated rings. The summed E-state index contributed by atoms with van der Waals surface area (Å²) >= 11 is 0. The summed E-state index contributed by atoms with van der Waals surface area (Å²) < 4.78 is 0. The van der Waals surface area contributed by atoms with Crippen LogP contribution in [0.25, 0.3) is 10.8 Å². The number of nitrogens with zero attached hydrogens (tertiary/aromatic N) is 1. The molecule has 0 radical (unpaired) electrons. The van der Waals surface area contributed by atoms with Gasteiger partial charge in [-0.15, -0.1) is 0 Å². The average molecular weight is 406 g/mol. The van der Waals surface area contributed by atoms with Gasteiger partial charge in [0.15, 0.2) is 0 Å². The van der Waals surface area contributed by atoms with Crippen LogP contribution in [0, 0.1) is 6.92 Å². The van der Waals surface area contributed by atoms with E-state index in [0.29, 0.717) is 5.56 Å². The van der Waals surface area contributed by atoms with Crippen LogP contribution in [-0.2, 0) is 4.79 Å². The molecule has 31 heavy (non-hydrogen) atoms. The maximum absolute atomic E-state index is 13.1. The minimum Gasteiger partial charge on any atom is -0.344 e. The van der Waals surface area contributed by atoms with Crippen LogP contribution in [0.3, 0.4) is 0 Å². The van der Waals surface area contributed by atoms with Gasteiger partial charge in [-0.3, -0.25) is 14.5 Å². The maximum Gasteiger partial charge on any atom is 0.259 e. The first-order valence-electron chi connectivity index (χ1n) is 10.4. The molecule has 4 aromatic carbocycles. The molecular weight excluding hydrogens is 384 g/mol. The van der Waals surface area contributed by atoms with Crippen LogP contribution in [0.4, 0.5) is 5.69 Å². The lowest BCUT2D eigenvalue weighted by molar-refractivity contribution is -0.120. The topological polar surface area (TPSA) is 49.4 Å². The van der Waals surface area contributed by atoms with E-state index in [9.17, 15) is 9.59 Å². The summed E-state index contributed by atoms with van der Waals surface area (Å²) in [5.41, 5.74) is 4.61. The Bertz CT molecular complexity index is 1270. The fraction of sp³-hybridized carbons (Fsp3) is 0.111. The van der Waals surface area contributed by atoms with Gasteiger partial charge in [-0.25, -0.2) is 0 Å². The number of carbonyl (C=O) groups is 2. The molecule has 5 rings (SSSR count). The van der Waals surface area contributed by atoms with E-state index in [1.807, 2.05) is 97.9 Å². The molecule has 0 spiro atoms. The van der Waals surface area contributed by atoms with E-state index < -0.39 is 0 Å². The Kier molecular flexibility index (Phi) is 4.75. The molecule has 0 aliphatic carbocycles. The molecule has 4 nitrogen and oxygen atoms in total. The number of amides is 2. The highest BCUT2D eigenvalue weighted by Crippen LogP contribution is 2.37. The molecule has 1 atom stereocenters. The molecule has 0 saturated heterocycles. The van der Waals surface area contributed by atoms with Crippen LogP contribution in [0.1, 0.15) is 33.1 Å². The van der Waals surface area contributed by atoms with Crippen molar-refractivity contribution in [3.8, 4) is 0 Å². The van der Waals surface area contributed by atoms with Gasteiger partial charge in [0.05, 0.1) is 11.7 Å². The van der Waals surface area contributed by atoms with Crippen LogP contribution in [0.15, 0.2) is 91.0 Å². The first-order valence-corrected chi connectivity index (χ1v) is 10.4. The van der Waals surface area contributed by atoms with Crippen molar-refractivity contribution in [2.45, 2.75) is 13.0 Å². The summed E-state index contributed by atoms with van der Waals surface area (Å²) in [6.45, 7) is 2.01. The lowest BCUT2D eigenvalue weighted by Gasteiger charge is -2.23. The van der Waals surface area contributed by atoms with E-state index in [2.05, 4.69) is 5.32 Å². The lowest BCUT2D eigenvalue weighted by Crippen LogP contribution is -2.40. The van der Waals surface area contributed by atoms with Crippen molar-refractivity contribution in [3.63, 3.8) is 0 Å². The summed E-state index contributed by atoms with van der Waals surface area (Å²) in [5.74, 6) is -0.332. The van der Waals surface area contributed by atoms with Gasteiger partial charge in [0.2, 0.25) is 5.91 Å². The molecule has 1 aliphatic heterocycles. The number of rotatable bonds is 5. The van der Waals surface area contributed by atoms with E-state index in [0.717, 1.165) is 33.2 Å². The van der Waals surface area contributed by atoms with Crippen molar-refractivity contribution in [1.29, 1.82) is 0 Å². The van der Waals surface area contributed by atoms with Crippen LogP contribution in [0.5, 0.6) is 0 Å². The van der Waals surface area contributed by atoms with Crippen LogP contribution < -0.4 is 10.2 Å². The summed E-state index contributed by atoms with van der Waals surface area (Å²) in [6, 6.07) is 29.2. The van der Waals surface area contributed by atoms with Gasteiger partial charge in [0.1, 0.15) is 6.54 Å². The predicted molar refractivity (Wildman–Crippen MR) is 123 cm³/mol. The Morgan fingerprint density at radius 3 is 2.26 bits per heavy atom. The predicted octanol–water partition coefficient (Wildman–Crippen LogP) is 5.01.